The van der Waals surface area contributed by atoms with Crippen LogP contribution in [0.25, 0.3) is 0 Å². The molecule has 2 aliphatic rings. The molecule has 2 fully saturated rings. The predicted molar refractivity (Wildman–Crippen MR) is 81.0 cm³/mol. The van der Waals surface area contributed by atoms with Crippen LogP contribution in [0.2, 0.25) is 0 Å². The molecular weight excluding hydrogens is 250 g/mol. The minimum absolute atomic E-state index is 0.101. The second-order valence-corrected chi connectivity index (χ2v) is 6.00. The zero-order chi connectivity index (χ0) is 14.1. The lowest BCUT2D eigenvalue weighted by molar-refractivity contribution is 0.206. The Labute approximate surface area is 120 Å². The van der Waals surface area contributed by atoms with Gasteiger partial charge in [-0.2, -0.15) is 0 Å². The normalized spacial score (nSPS) is 24.9. The van der Waals surface area contributed by atoms with Crippen molar-refractivity contribution in [2.45, 2.75) is 13.8 Å². The average Bonchev–Trinajstić information content (AvgIpc) is 2.98. The predicted octanol–water partition coefficient (Wildman–Crippen LogP) is 2.09. The van der Waals surface area contributed by atoms with Gasteiger partial charge in [0, 0.05) is 50.2 Å². The highest BCUT2D eigenvalue weighted by molar-refractivity contribution is 5.74. The van der Waals surface area contributed by atoms with Gasteiger partial charge in [0.05, 0.1) is 0 Å². The molecule has 2 heterocycles. The Bertz CT molecular complexity index is 471. The molecule has 0 saturated carbocycles. The fourth-order valence-corrected chi connectivity index (χ4v) is 3.39. The molecule has 4 nitrogen and oxygen atoms in total. The van der Waals surface area contributed by atoms with Gasteiger partial charge >= 0.3 is 6.03 Å². The van der Waals surface area contributed by atoms with Gasteiger partial charge in [-0.25, -0.2) is 4.79 Å². The molecule has 2 atom stereocenters. The van der Waals surface area contributed by atoms with Crippen LogP contribution in [0.4, 0.5) is 10.5 Å². The summed E-state index contributed by atoms with van der Waals surface area (Å²) in [5.41, 5.74) is 2.62. The van der Waals surface area contributed by atoms with Crippen molar-refractivity contribution < 1.29 is 4.79 Å². The van der Waals surface area contributed by atoms with E-state index >= 15 is 0 Å². The first-order chi connectivity index (χ1) is 9.67. The van der Waals surface area contributed by atoms with Crippen LogP contribution < -0.4 is 10.2 Å². The summed E-state index contributed by atoms with van der Waals surface area (Å²) in [6.07, 6.45) is 0. The molecule has 2 aliphatic heterocycles. The van der Waals surface area contributed by atoms with Crippen molar-refractivity contribution in [3.8, 4) is 0 Å². The lowest BCUT2D eigenvalue weighted by Crippen LogP contribution is -2.40. The molecule has 0 aromatic heterocycles. The molecule has 2 amide bonds. The molecule has 1 aromatic rings. The number of hydrogen-bond donors (Lipinski definition) is 1. The number of hydrogen-bond acceptors (Lipinski definition) is 2. The first kappa shape index (κ1) is 13.3. The summed E-state index contributed by atoms with van der Waals surface area (Å²) in [5.74, 6) is 1.25. The maximum atomic E-state index is 11.9. The Hall–Kier alpha value is -1.71. The first-order valence-electron chi connectivity index (χ1n) is 7.51. The van der Waals surface area contributed by atoms with Crippen LogP contribution in [0.3, 0.4) is 0 Å². The molecule has 0 bridgehead atoms. The fourth-order valence-electron chi connectivity index (χ4n) is 3.39. The molecule has 20 heavy (non-hydrogen) atoms. The largest absolute Gasteiger partial charge is 0.371 e. The smallest absolute Gasteiger partial charge is 0.317 e. The molecule has 108 valence electrons. The van der Waals surface area contributed by atoms with Gasteiger partial charge < -0.3 is 15.1 Å². The van der Waals surface area contributed by atoms with E-state index in [0.717, 1.165) is 26.2 Å². The van der Waals surface area contributed by atoms with E-state index in [-0.39, 0.29) is 6.03 Å². The third-order valence-electron chi connectivity index (χ3n) is 4.50. The highest BCUT2D eigenvalue weighted by atomic mass is 16.2. The summed E-state index contributed by atoms with van der Waals surface area (Å²) in [6, 6.07) is 8.86. The minimum atomic E-state index is 0.101. The van der Waals surface area contributed by atoms with Gasteiger partial charge in [0.25, 0.3) is 0 Å². The second kappa shape index (κ2) is 5.35. The average molecular weight is 273 g/mol. The van der Waals surface area contributed by atoms with Crippen molar-refractivity contribution in [3.05, 3.63) is 29.8 Å². The maximum Gasteiger partial charge on any atom is 0.317 e. The quantitative estimate of drug-likeness (QED) is 0.895. The van der Waals surface area contributed by atoms with Gasteiger partial charge in [-0.05, 0) is 26.0 Å². The van der Waals surface area contributed by atoms with E-state index in [1.807, 2.05) is 11.8 Å². The molecule has 0 aliphatic carbocycles. The molecule has 0 unspecified atom stereocenters. The number of carbonyl (C=O) groups is 1. The van der Waals surface area contributed by atoms with Gasteiger partial charge in [-0.15, -0.1) is 0 Å². The summed E-state index contributed by atoms with van der Waals surface area (Å²) in [5, 5.41) is 2.90. The summed E-state index contributed by atoms with van der Waals surface area (Å²) < 4.78 is 0. The van der Waals surface area contributed by atoms with Gasteiger partial charge in [0.2, 0.25) is 0 Å². The van der Waals surface area contributed by atoms with Crippen molar-refractivity contribution >= 4 is 11.7 Å². The number of nitrogens with one attached hydrogen (secondary N) is 1. The van der Waals surface area contributed by atoms with E-state index in [1.54, 1.807) is 0 Å². The van der Waals surface area contributed by atoms with E-state index in [1.165, 1.54) is 11.3 Å². The Morgan fingerprint density at radius 3 is 2.30 bits per heavy atom. The van der Waals surface area contributed by atoms with Gasteiger partial charge in [-0.3, -0.25) is 0 Å². The zero-order valence-corrected chi connectivity index (χ0v) is 12.3. The van der Waals surface area contributed by atoms with Crippen molar-refractivity contribution in [2.24, 2.45) is 11.8 Å². The Morgan fingerprint density at radius 1 is 1.15 bits per heavy atom. The summed E-state index contributed by atoms with van der Waals surface area (Å²) in [7, 11) is 0. The van der Waals surface area contributed by atoms with Crippen LogP contribution >= 0.6 is 0 Å². The number of fused-ring (bicyclic) bond motifs is 1. The van der Waals surface area contributed by atoms with Crippen molar-refractivity contribution in [3.63, 3.8) is 0 Å². The van der Waals surface area contributed by atoms with E-state index in [0.29, 0.717) is 18.4 Å². The fraction of sp³-hybridized carbons (Fsp3) is 0.562. The molecule has 0 radical (unpaired) electrons. The molecular formula is C16H23N3O. The Balaban J connectivity index is 1.61. The minimum Gasteiger partial charge on any atom is -0.371 e. The lowest BCUT2D eigenvalue weighted by atomic mass is 10.0. The van der Waals surface area contributed by atoms with E-state index in [9.17, 15) is 4.79 Å². The highest BCUT2D eigenvalue weighted by Gasteiger charge is 2.41. The zero-order valence-electron chi connectivity index (χ0n) is 12.3. The number of rotatable bonds is 2. The molecule has 1 aromatic carbocycles. The number of nitrogens with zero attached hydrogens (tertiary/aromatic N) is 2. The molecule has 1 N–H and O–H groups in total. The van der Waals surface area contributed by atoms with Crippen molar-refractivity contribution in [2.75, 3.05) is 37.6 Å². The van der Waals surface area contributed by atoms with Gasteiger partial charge in [0.15, 0.2) is 0 Å². The summed E-state index contributed by atoms with van der Waals surface area (Å²) >= 11 is 0. The Kier molecular flexibility index (Phi) is 3.55. The third kappa shape index (κ3) is 2.47. The van der Waals surface area contributed by atoms with Crippen LogP contribution in [0.5, 0.6) is 0 Å². The molecule has 4 heteroatoms. The van der Waals surface area contributed by atoms with E-state index in [2.05, 4.69) is 41.4 Å². The van der Waals surface area contributed by atoms with Gasteiger partial charge in [0.1, 0.15) is 0 Å². The third-order valence-corrected chi connectivity index (χ3v) is 4.50. The first-order valence-corrected chi connectivity index (χ1v) is 7.51. The van der Waals surface area contributed by atoms with Crippen LogP contribution in [0.1, 0.15) is 12.5 Å². The molecule has 0 spiro atoms. The number of amides is 2. The number of aryl methyl sites for hydroxylation is 1. The van der Waals surface area contributed by atoms with Crippen LogP contribution in [0, 0.1) is 18.8 Å². The molecule has 2 saturated heterocycles. The standard InChI is InChI=1S/C16H23N3O/c1-3-17-16(20)19-10-13-8-18(9-14(13)11-19)15-6-4-12(2)5-7-15/h4-7,13-14H,3,8-11H2,1-2H3,(H,17,20)/t13-,14+. The van der Waals surface area contributed by atoms with Crippen molar-refractivity contribution in [1.82, 2.24) is 10.2 Å². The maximum absolute atomic E-state index is 11.9. The number of carbonyl (C=O) groups excluding carboxylic acids is 1. The van der Waals surface area contributed by atoms with Crippen LogP contribution in [-0.2, 0) is 0 Å². The second-order valence-electron chi connectivity index (χ2n) is 6.00. The summed E-state index contributed by atoms with van der Waals surface area (Å²) in [4.78, 5) is 16.3. The SMILES string of the molecule is CCNC(=O)N1C[C@@H]2CN(c3ccc(C)cc3)C[C@@H]2C1. The monoisotopic (exact) mass is 273 g/mol. The molecule has 3 rings (SSSR count). The lowest BCUT2D eigenvalue weighted by Gasteiger charge is -2.23. The summed E-state index contributed by atoms with van der Waals surface area (Å²) in [6.45, 7) is 8.74. The Morgan fingerprint density at radius 2 is 1.75 bits per heavy atom. The van der Waals surface area contributed by atoms with Crippen molar-refractivity contribution in [1.29, 1.82) is 0 Å². The number of urea groups is 1. The van der Waals surface area contributed by atoms with Gasteiger partial charge in [-0.1, -0.05) is 17.7 Å². The number of likely N-dealkylation sites (tertiary alicyclic amines) is 1. The highest BCUT2D eigenvalue weighted by Crippen LogP contribution is 2.33. The van der Waals surface area contributed by atoms with Crippen LogP contribution in [0.15, 0.2) is 24.3 Å². The number of anilines is 1. The number of benzene rings is 1. The van der Waals surface area contributed by atoms with E-state index in [4.69, 9.17) is 0 Å². The topological polar surface area (TPSA) is 35.6 Å². The van der Waals surface area contributed by atoms with E-state index < -0.39 is 0 Å². The van der Waals surface area contributed by atoms with Crippen LogP contribution in [-0.4, -0.2) is 43.7 Å².